The van der Waals surface area contributed by atoms with Crippen LogP contribution >= 0.6 is 11.6 Å². The molecule has 1 aliphatic heterocycles. The zero-order chi connectivity index (χ0) is 14.6. The highest BCUT2D eigenvalue weighted by Crippen LogP contribution is 2.28. The van der Waals surface area contributed by atoms with Crippen molar-refractivity contribution >= 4 is 17.5 Å². The Balaban J connectivity index is 2.02. The molecule has 0 unspecified atom stereocenters. The Kier molecular flexibility index (Phi) is 4.92. The minimum Gasteiger partial charge on any atom is -0.493 e. The van der Waals surface area contributed by atoms with E-state index in [-0.39, 0.29) is 11.3 Å². The number of hydrogen-bond donors (Lipinski definition) is 1. The van der Waals surface area contributed by atoms with Crippen LogP contribution in [0.4, 0.5) is 0 Å². The van der Waals surface area contributed by atoms with Gasteiger partial charge in [0.1, 0.15) is 5.75 Å². The number of fused-ring (bicyclic) bond motifs is 1. The molecule has 4 heteroatoms. The molecule has 20 heavy (non-hydrogen) atoms. The first-order valence-electron chi connectivity index (χ1n) is 7.24. The van der Waals surface area contributed by atoms with Gasteiger partial charge in [-0.05, 0) is 36.6 Å². The van der Waals surface area contributed by atoms with Gasteiger partial charge in [0, 0.05) is 29.8 Å². The van der Waals surface area contributed by atoms with E-state index < -0.39 is 0 Å². The van der Waals surface area contributed by atoms with Gasteiger partial charge in [-0.1, -0.05) is 13.8 Å². The normalized spacial score (nSPS) is 13.8. The van der Waals surface area contributed by atoms with E-state index in [1.165, 1.54) is 0 Å². The van der Waals surface area contributed by atoms with Crippen molar-refractivity contribution in [3.05, 3.63) is 29.3 Å². The molecule has 0 atom stereocenters. The van der Waals surface area contributed by atoms with Crippen LogP contribution in [-0.4, -0.2) is 24.9 Å². The molecule has 1 aromatic rings. The van der Waals surface area contributed by atoms with Crippen molar-refractivity contribution in [2.45, 2.75) is 33.1 Å². The number of amides is 1. The van der Waals surface area contributed by atoms with Gasteiger partial charge in [-0.15, -0.1) is 11.6 Å². The van der Waals surface area contributed by atoms with E-state index in [9.17, 15) is 4.79 Å². The standard InChI is InChI=1S/C16H22ClNO2/c1-3-16(4-2,10-17)11-18-15(19)13-5-6-14-12(9-13)7-8-20-14/h5-6,9H,3-4,7-8,10-11H2,1-2H3,(H,18,19). The van der Waals surface area contributed by atoms with Gasteiger partial charge < -0.3 is 10.1 Å². The van der Waals surface area contributed by atoms with Gasteiger partial charge in [-0.25, -0.2) is 0 Å². The third-order valence-corrected chi connectivity index (χ3v) is 4.93. The molecule has 1 aromatic carbocycles. The molecule has 0 saturated heterocycles. The largest absolute Gasteiger partial charge is 0.493 e. The maximum atomic E-state index is 12.2. The van der Waals surface area contributed by atoms with Crippen LogP contribution in [0.15, 0.2) is 18.2 Å². The Morgan fingerprint density at radius 2 is 2.15 bits per heavy atom. The maximum Gasteiger partial charge on any atom is 0.251 e. The van der Waals surface area contributed by atoms with E-state index in [1.54, 1.807) is 0 Å². The lowest BCUT2D eigenvalue weighted by Gasteiger charge is -2.29. The van der Waals surface area contributed by atoms with Gasteiger partial charge in [-0.3, -0.25) is 4.79 Å². The molecule has 0 aromatic heterocycles. The fraction of sp³-hybridized carbons (Fsp3) is 0.562. The van der Waals surface area contributed by atoms with Gasteiger partial charge in [0.25, 0.3) is 5.91 Å². The van der Waals surface area contributed by atoms with Crippen LogP contribution in [0.1, 0.15) is 42.6 Å². The van der Waals surface area contributed by atoms with Crippen molar-refractivity contribution in [3.8, 4) is 5.75 Å². The highest BCUT2D eigenvalue weighted by molar-refractivity contribution is 6.18. The third-order valence-electron chi connectivity index (χ3n) is 4.36. The summed E-state index contributed by atoms with van der Waals surface area (Å²) in [7, 11) is 0. The number of halogens is 1. The Labute approximate surface area is 125 Å². The van der Waals surface area contributed by atoms with E-state index >= 15 is 0 Å². The summed E-state index contributed by atoms with van der Waals surface area (Å²) < 4.78 is 5.45. The second-order valence-corrected chi connectivity index (χ2v) is 5.71. The Bertz CT molecular complexity index is 475. The lowest BCUT2D eigenvalue weighted by Crippen LogP contribution is -2.38. The first kappa shape index (κ1) is 15.2. The van der Waals surface area contributed by atoms with E-state index in [4.69, 9.17) is 16.3 Å². The predicted octanol–water partition coefficient (Wildman–Crippen LogP) is 3.40. The van der Waals surface area contributed by atoms with Crippen molar-refractivity contribution in [1.82, 2.24) is 5.32 Å². The molecule has 0 fully saturated rings. The number of alkyl halides is 1. The van der Waals surface area contributed by atoms with Gasteiger partial charge in [0.15, 0.2) is 0 Å². The number of benzene rings is 1. The van der Waals surface area contributed by atoms with Crippen LogP contribution in [0.2, 0.25) is 0 Å². The Morgan fingerprint density at radius 3 is 2.80 bits per heavy atom. The van der Waals surface area contributed by atoms with Crippen LogP contribution in [0.25, 0.3) is 0 Å². The lowest BCUT2D eigenvalue weighted by molar-refractivity contribution is 0.0931. The molecule has 0 saturated carbocycles. The highest BCUT2D eigenvalue weighted by atomic mass is 35.5. The summed E-state index contributed by atoms with van der Waals surface area (Å²) in [5.41, 5.74) is 1.81. The molecule has 0 aliphatic carbocycles. The number of nitrogens with one attached hydrogen (secondary N) is 1. The first-order valence-corrected chi connectivity index (χ1v) is 7.77. The van der Waals surface area contributed by atoms with Crippen LogP contribution in [-0.2, 0) is 6.42 Å². The fourth-order valence-corrected chi connectivity index (χ4v) is 2.91. The predicted molar refractivity (Wildman–Crippen MR) is 81.7 cm³/mol. The van der Waals surface area contributed by atoms with E-state index in [1.807, 2.05) is 18.2 Å². The van der Waals surface area contributed by atoms with Crippen molar-refractivity contribution in [1.29, 1.82) is 0 Å². The SMILES string of the molecule is CCC(CC)(CCl)CNC(=O)c1ccc2c(c1)CCO2. The fourth-order valence-electron chi connectivity index (χ4n) is 2.43. The summed E-state index contributed by atoms with van der Waals surface area (Å²) in [4.78, 5) is 12.2. The first-order chi connectivity index (χ1) is 9.64. The van der Waals surface area contributed by atoms with E-state index in [0.29, 0.717) is 24.6 Å². The molecule has 0 bridgehead atoms. The molecular formula is C16H22ClNO2. The number of rotatable bonds is 6. The average molecular weight is 296 g/mol. The van der Waals surface area contributed by atoms with Crippen molar-refractivity contribution in [2.24, 2.45) is 5.41 Å². The molecule has 1 N–H and O–H groups in total. The van der Waals surface area contributed by atoms with Crippen LogP contribution in [0.5, 0.6) is 5.75 Å². The monoisotopic (exact) mass is 295 g/mol. The molecular weight excluding hydrogens is 274 g/mol. The summed E-state index contributed by atoms with van der Waals surface area (Å²) in [5, 5.41) is 3.02. The summed E-state index contributed by atoms with van der Waals surface area (Å²) in [6.07, 6.45) is 2.81. The second kappa shape index (κ2) is 6.49. The lowest BCUT2D eigenvalue weighted by atomic mass is 9.84. The van der Waals surface area contributed by atoms with Crippen LogP contribution in [0, 0.1) is 5.41 Å². The van der Waals surface area contributed by atoms with Crippen molar-refractivity contribution in [2.75, 3.05) is 19.0 Å². The Hall–Kier alpha value is -1.22. The number of carbonyl (C=O) groups is 1. The van der Waals surface area contributed by atoms with Gasteiger partial charge >= 0.3 is 0 Å². The minimum absolute atomic E-state index is 0.00292. The zero-order valence-electron chi connectivity index (χ0n) is 12.2. The summed E-state index contributed by atoms with van der Waals surface area (Å²) in [6.45, 7) is 5.56. The zero-order valence-corrected chi connectivity index (χ0v) is 12.9. The number of carbonyl (C=O) groups excluding carboxylic acids is 1. The molecule has 1 aliphatic rings. The minimum atomic E-state index is -0.0314. The highest BCUT2D eigenvalue weighted by Gasteiger charge is 2.26. The average Bonchev–Trinajstić information content (AvgIpc) is 2.96. The van der Waals surface area contributed by atoms with E-state index in [0.717, 1.165) is 30.6 Å². The summed E-state index contributed by atoms with van der Waals surface area (Å²) in [6, 6.07) is 5.63. The van der Waals surface area contributed by atoms with Crippen LogP contribution in [0.3, 0.4) is 0 Å². The van der Waals surface area contributed by atoms with Gasteiger partial charge in [-0.2, -0.15) is 0 Å². The molecule has 110 valence electrons. The number of hydrogen-bond acceptors (Lipinski definition) is 2. The summed E-state index contributed by atoms with van der Waals surface area (Å²) >= 11 is 6.06. The molecule has 1 heterocycles. The maximum absolute atomic E-state index is 12.2. The second-order valence-electron chi connectivity index (χ2n) is 5.44. The van der Waals surface area contributed by atoms with Gasteiger partial charge in [0.05, 0.1) is 6.61 Å². The quantitative estimate of drug-likeness (QED) is 0.817. The van der Waals surface area contributed by atoms with Gasteiger partial charge in [0.2, 0.25) is 0 Å². The van der Waals surface area contributed by atoms with Crippen LogP contribution < -0.4 is 10.1 Å². The topological polar surface area (TPSA) is 38.3 Å². The smallest absolute Gasteiger partial charge is 0.251 e. The molecule has 1 amide bonds. The summed E-state index contributed by atoms with van der Waals surface area (Å²) in [5.74, 6) is 1.44. The van der Waals surface area contributed by atoms with Crippen molar-refractivity contribution < 1.29 is 9.53 Å². The third kappa shape index (κ3) is 3.09. The molecule has 0 radical (unpaired) electrons. The number of ether oxygens (including phenoxy) is 1. The molecule has 0 spiro atoms. The van der Waals surface area contributed by atoms with E-state index in [2.05, 4.69) is 19.2 Å². The molecule has 3 nitrogen and oxygen atoms in total. The van der Waals surface area contributed by atoms with Crippen molar-refractivity contribution in [3.63, 3.8) is 0 Å². The molecule has 2 rings (SSSR count). The Morgan fingerprint density at radius 1 is 1.40 bits per heavy atom.